The van der Waals surface area contributed by atoms with Crippen LogP contribution in [0.2, 0.25) is 0 Å². The van der Waals surface area contributed by atoms with E-state index in [0.29, 0.717) is 26.1 Å². The van der Waals surface area contributed by atoms with Crippen LogP contribution in [0.4, 0.5) is 4.79 Å². The molecule has 2 aromatic rings. The Balaban J connectivity index is 1.48. The smallest absolute Gasteiger partial charge is 0.352 e. The van der Waals surface area contributed by atoms with Crippen molar-refractivity contribution in [3.05, 3.63) is 57.2 Å². The van der Waals surface area contributed by atoms with Crippen LogP contribution < -0.4 is 21.2 Å². The molecule has 4 amide bonds. The summed E-state index contributed by atoms with van der Waals surface area (Å²) in [6, 6.07) is 3.61. The lowest BCUT2D eigenvalue weighted by Crippen LogP contribution is -2.71. The van der Waals surface area contributed by atoms with Gasteiger partial charge in [-0.1, -0.05) is 22.7 Å². The second kappa shape index (κ2) is 9.90. The molecule has 2 aliphatic heterocycles. The average molecular weight is 523 g/mol. The molecule has 4 heterocycles. The Labute approximate surface area is 205 Å². The Morgan fingerprint density at radius 2 is 2.18 bits per heavy atom. The van der Waals surface area contributed by atoms with Crippen LogP contribution in [0.15, 0.2) is 52.1 Å². The Hall–Kier alpha value is -3.30. The summed E-state index contributed by atoms with van der Waals surface area (Å²) in [5.74, 6) is -1.91. The molecule has 0 spiro atoms. The predicted molar refractivity (Wildman–Crippen MR) is 123 cm³/mol. The second-order valence-corrected chi connectivity index (χ2v) is 10.2. The number of carboxylic acid groups (broad SMARTS) is 1. The lowest BCUT2D eigenvalue weighted by molar-refractivity contribution is -0.672. The minimum absolute atomic E-state index is 0.136. The van der Waals surface area contributed by atoms with E-state index in [-0.39, 0.29) is 11.4 Å². The number of carboxylic acids is 1. The monoisotopic (exact) mass is 522 g/mol. The van der Waals surface area contributed by atoms with E-state index in [1.807, 2.05) is 0 Å². The van der Waals surface area contributed by atoms with Crippen LogP contribution in [0.25, 0.3) is 0 Å². The van der Waals surface area contributed by atoms with Gasteiger partial charge in [-0.25, -0.2) is 9.59 Å². The van der Waals surface area contributed by atoms with Crippen molar-refractivity contribution in [1.82, 2.24) is 20.6 Å². The normalized spacial score (nSPS) is 20.2. The third-order valence-corrected chi connectivity index (χ3v) is 8.25. The van der Waals surface area contributed by atoms with Crippen LogP contribution in [-0.2, 0) is 14.4 Å². The predicted octanol–water partition coefficient (Wildman–Crippen LogP) is 0.0168. The highest BCUT2D eigenvalue weighted by Crippen LogP contribution is 2.41. The number of thioether (sulfide) groups is 2. The molecule has 0 aromatic carbocycles. The minimum Gasteiger partial charge on any atom is -0.594 e. The summed E-state index contributed by atoms with van der Waals surface area (Å²) in [5.41, 5.74) is 5.56. The average Bonchev–Trinajstić information content (AvgIpc) is 3.33. The van der Waals surface area contributed by atoms with Gasteiger partial charge in [0.25, 0.3) is 5.91 Å². The molecule has 3 atom stereocenters. The molecular weight excluding hydrogens is 504 g/mol. The van der Waals surface area contributed by atoms with Gasteiger partial charge in [-0.05, 0) is 23.1 Å². The number of aliphatic carboxylic acids is 1. The summed E-state index contributed by atoms with van der Waals surface area (Å²) >= 11 is 3.74. The number of hydrogen-bond donors (Lipinski definition) is 4. The fourth-order valence-electron chi connectivity index (χ4n) is 3.50. The lowest BCUT2D eigenvalue weighted by atomic mass is 10.0. The van der Waals surface area contributed by atoms with E-state index in [2.05, 4.69) is 15.7 Å². The van der Waals surface area contributed by atoms with E-state index < -0.39 is 41.3 Å². The summed E-state index contributed by atoms with van der Waals surface area (Å²) < 4.78 is 0. The van der Waals surface area contributed by atoms with Gasteiger partial charge < -0.3 is 26.7 Å². The number of fused-ring (bicyclic) bond motifs is 1. The highest BCUT2D eigenvalue weighted by molar-refractivity contribution is 8.01. The fourth-order valence-corrected chi connectivity index (χ4v) is 6.62. The largest absolute Gasteiger partial charge is 0.594 e. The number of aromatic nitrogens is 2. The van der Waals surface area contributed by atoms with Crippen molar-refractivity contribution in [1.29, 1.82) is 0 Å². The highest BCUT2D eigenvalue weighted by atomic mass is 32.2. The van der Waals surface area contributed by atoms with E-state index >= 15 is 0 Å². The van der Waals surface area contributed by atoms with Gasteiger partial charge in [-0.15, -0.1) is 23.1 Å². The first kappa shape index (κ1) is 23.8. The number of carbonyl (C=O) groups excluding carboxylic acids is 3. The third kappa shape index (κ3) is 4.80. The molecule has 0 saturated carbocycles. The van der Waals surface area contributed by atoms with Gasteiger partial charge in [0.2, 0.25) is 12.1 Å². The van der Waals surface area contributed by atoms with Crippen LogP contribution in [0.3, 0.4) is 0 Å². The summed E-state index contributed by atoms with van der Waals surface area (Å²) in [6.45, 7) is 0. The number of hydrogen-bond acceptors (Lipinski definition) is 9. The molecule has 4 rings (SSSR count). The first-order valence-electron chi connectivity index (χ1n) is 9.75. The number of β-lactam (4-membered cyclic amide) rings is 1. The third-order valence-electron chi connectivity index (χ3n) is 4.97. The van der Waals surface area contributed by atoms with Gasteiger partial charge in [-0.3, -0.25) is 14.5 Å². The molecular formula is C19H18N6O6S3. The van der Waals surface area contributed by atoms with Crippen molar-refractivity contribution < 1.29 is 29.1 Å². The first-order valence-corrected chi connectivity index (χ1v) is 12.7. The molecule has 15 heteroatoms. The quantitative estimate of drug-likeness (QED) is 0.161. The molecule has 178 valence electrons. The van der Waals surface area contributed by atoms with Gasteiger partial charge in [0, 0.05) is 27.5 Å². The van der Waals surface area contributed by atoms with Crippen molar-refractivity contribution in [3.63, 3.8) is 0 Å². The molecule has 5 N–H and O–H groups in total. The Morgan fingerprint density at radius 3 is 2.82 bits per heavy atom. The van der Waals surface area contributed by atoms with Gasteiger partial charge in [0.1, 0.15) is 23.2 Å². The van der Waals surface area contributed by atoms with Crippen LogP contribution >= 0.6 is 34.9 Å². The van der Waals surface area contributed by atoms with Gasteiger partial charge in [0.15, 0.2) is 5.03 Å². The van der Waals surface area contributed by atoms with Crippen LogP contribution in [0, 0.1) is 5.21 Å². The van der Waals surface area contributed by atoms with E-state index in [4.69, 9.17) is 5.73 Å². The molecule has 1 saturated heterocycles. The molecule has 2 aliphatic rings. The molecule has 2 aromatic heterocycles. The van der Waals surface area contributed by atoms with E-state index in [1.54, 1.807) is 23.6 Å². The van der Waals surface area contributed by atoms with E-state index in [1.165, 1.54) is 47.1 Å². The van der Waals surface area contributed by atoms with Gasteiger partial charge in [0.05, 0.1) is 0 Å². The minimum atomic E-state index is -1.26. The maximum atomic E-state index is 12.9. The summed E-state index contributed by atoms with van der Waals surface area (Å²) in [7, 11) is 0. The Morgan fingerprint density at radius 1 is 1.38 bits per heavy atom. The molecule has 2 unspecified atom stereocenters. The zero-order valence-corrected chi connectivity index (χ0v) is 19.7. The van der Waals surface area contributed by atoms with Crippen LogP contribution in [0.5, 0.6) is 0 Å². The number of rotatable bonds is 8. The molecule has 12 nitrogen and oxygen atoms in total. The Kier molecular flexibility index (Phi) is 6.95. The van der Waals surface area contributed by atoms with Gasteiger partial charge in [-0.2, -0.15) is 0 Å². The number of carbonyl (C=O) groups is 4. The molecule has 0 aliphatic carbocycles. The van der Waals surface area contributed by atoms with Crippen molar-refractivity contribution in [2.75, 3.05) is 11.5 Å². The number of nitrogens with zero attached hydrogens (tertiary/aromatic N) is 3. The topological polar surface area (TPSA) is 182 Å². The molecule has 34 heavy (non-hydrogen) atoms. The van der Waals surface area contributed by atoms with Crippen molar-refractivity contribution in [2.24, 2.45) is 5.73 Å². The zero-order valence-electron chi connectivity index (χ0n) is 17.2. The number of primary amides is 1. The zero-order chi connectivity index (χ0) is 24.4. The molecule has 1 fully saturated rings. The maximum absolute atomic E-state index is 12.9. The number of nitrogens with two attached hydrogens (primary N) is 1. The second-order valence-electron chi connectivity index (χ2n) is 7.15. The van der Waals surface area contributed by atoms with Crippen molar-refractivity contribution in [3.8, 4) is 0 Å². The van der Waals surface area contributed by atoms with E-state index in [0.717, 1.165) is 4.90 Å². The number of urea groups is 1. The Bertz CT molecular complexity index is 1170. The molecule has 0 radical (unpaired) electrons. The SMILES string of the molecule is NC(=O)NC(C(=O)N[C@H]1C(=O)N2C(C(=O)O)=C(CSc3ccc[n+]([O-])n3)CSC12)c1cccs1. The number of amides is 4. The van der Waals surface area contributed by atoms with Crippen LogP contribution in [-0.4, -0.2) is 61.8 Å². The van der Waals surface area contributed by atoms with Crippen molar-refractivity contribution >= 4 is 58.7 Å². The number of thiophene rings is 1. The fraction of sp³-hybridized carbons (Fsp3) is 0.263. The van der Waals surface area contributed by atoms with Crippen LogP contribution in [0.1, 0.15) is 10.9 Å². The van der Waals surface area contributed by atoms with Crippen molar-refractivity contribution in [2.45, 2.75) is 22.5 Å². The highest BCUT2D eigenvalue weighted by Gasteiger charge is 2.54. The summed E-state index contributed by atoms with van der Waals surface area (Å²) in [4.78, 5) is 51.2. The number of nitrogens with one attached hydrogen (secondary N) is 2. The summed E-state index contributed by atoms with van der Waals surface area (Å²) in [6.07, 6.45) is 1.24. The lowest BCUT2D eigenvalue weighted by Gasteiger charge is -2.49. The standard InChI is InChI=1S/C19H18N6O6S3/c20-19(30)22-12(10-3-2-6-32-10)15(26)21-13-16(27)25-14(18(28)29)9(8-34-17(13)25)7-33-11-4-1-5-24(31)23-11/h1-6,12-13,17H,7-8H2,(H,21,26)(H,28,29)(H3,20,22,30)/t12?,13-,17?/m0/s1. The summed E-state index contributed by atoms with van der Waals surface area (Å²) in [5, 5.41) is 31.4. The van der Waals surface area contributed by atoms with E-state index in [9.17, 15) is 29.5 Å². The maximum Gasteiger partial charge on any atom is 0.352 e. The molecule has 0 bridgehead atoms. The first-order chi connectivity index (χ1) is 16.3. The van der Waals surface area contributed by atoms with Gasteiger partial charge >= 0.3 is 12.0 Å².